The number of hydrogen-bond donors (Lipinski definition) is 0. The summed E-state index contributed by atoms with van der Waals surface area (Å²) in [7, 11) is 0. The molecule has 0 unspecified atom stereocenters. The van der Waals surface area contributed by atoms with Crippen LogP contribution in [0.1, 0.15) is 33.9 Å². The maximum Gasteiger partial charge on any atom is 0.163 e. The zero-order valence-corrected chi connectivity index (χ0v) is 28.8. The predicted octanol–water partition coefficient (Wildman–Crippen LogP) is 11.6. The van der Waals surface area contributed by atoms with E-state index in [1.165, 1.54) is 61.2 Å². The van der Waals surface area contributed by atoms with Gasteiger partial charge in [0, 0.05) is 16.7 Å². The van der Waals surface area contributed by atoms with Crippen molar-refractivity contribution >= 4 is 0 Å². The maximum absolute atomic E-state index is 6.52. The lowest BCUT2D eigenvalue weighted by Gasteiger charge is -2.39. The smallest absolute Gasteiger partial charge is 0.163 e. The van der Waals surface area contributed by atoms with Crippen molar-refractivity contribution in [2.45, 2.75) is 19.3 Å². The van der Waals surface area contributed by atoms with E-state index in [1.807, 2.05) is 13.8 Å². The summed E-state index contributed by atoms with van der Waals surface area (Å²) < 4.78 is 6.52. The van der Waals surface area contributed by atoms with Crippen LogP contribution in [0.25, 0.3) is 55.9 Å². The van der Waals surface area contributed by atoms with Crippen molar-refractivity contribution in [2.75, 3.05) is 0 Å². The van der Waals surface area contributed by atoms with E-state index < -0.39 is 5.41 Å². The minimum Gasteiger partial charge on any atom is -0.457 e. The molecule has 8 aromatic rings. The summed E-state index contributed by atoms with van der Waals surface area (Å²) in [5.41, 5.74) is 15.1. The molecule has 2 heterocycles. The van der Waals surface area contributed by atoms with Gasteiger partial charge in [0.2, 0.25) is 0 Å². The fourth-order valence-corrected chi connectivity index (χ4v) is 8.40. The van der Waals surface area contributed by atoms with Gasteiger partial charge in [-0.15, -0.1) is 0 Å². The molecule has 0 radical (unpaired) electrons. The molecule has 0 saturated heterocycles. The van der Waals surface area contributed by atoms with E-state index in [9.17, 15) is 0 Å². The number of nitrogens with zero attached hydrogens (tertiary/aromatic N) is 3. The number of aryl methyl sites for hydroxylation is 2. The first-order valence-corrected chi connectivity index (χ1v) is 17.7. The van der Waals surface area contributed by atoms with E-state index in [4.69, 9.17) is 4.74 Å². The first-order chi connectivity index (χ1) is 25.6. The molecule has 1 aliphatic heterocycles. The zero-order valence-electron chi connectivity index (χ0n) is 28.8. The maximum atomic E-state index is 6.52. The van der Waals surface area contributed by atoms with E-state index in [0.29, 0.717) is 5.82 Å². The fraction of sp³-hybridized carbons (Fsp3) is 0.0625. The Balaban J connectivity index is 1.00. The van der Waals surface area contributed by atoms with Crippen LogP contribution >= 0.6 is 0 Å². The molecule has 0 fully saturated rings. The van der Waals surface area contributed by atoms with E-state index in [-0.39, 0.29) is 0 Å². The summed E-state index contributed by atoms with van der Waals surface area (Å²) in [5, 5.41) is 0. The van der Waals surface area contributed by atoms with Gasteiger partial charge in [0.15, 0.2) is 5.82 Å². The minimum absolute atomic E-state index is 0.472. The Morgan fingerprint density at radius 2 is 0.788 bits per heavy atom. The standard InChI is InChI=1S/C48H33N3O/c1-30-49-31(2)51-47(50-30)37-28-24-35(25-29-37)33-20-18-32(19-21-33)34-22-26-36(27-23-34)38-11-9-15-43-46(38)39-10-3-4-12-40(39)48(43)41-13-5-7-16-44(41)52-45-17-8-6-14-42(45)48/h3-29H,1-2H3. The van der Waals surface area contributed by atoms with Gasteiger partial charge in [-0.2, -0.15) is 0 Å². The number of rotatable bonds is 4. The Morgan fingerprint density at radius 1 is 0.365 bits per heavy atom. The summed E-state index contributed by atoms with van der Waals surface area (Å²) >= 11 is 0. The van der Waals surface area contributed by atoms with Crippen LogP contribution in [0.15, 0.2) is 164 Å². The third kappa shape index (κ3) is 4.58. The summed E-state index contributed by atoms with van der Waals surface area (Å²) in [6.45, 7) is 3.80. The monoisotopic (exact) mass is 667 g/mol. The highest BCUT2D eigenvalue weighted by atomic mass is 16.5. The Morgan fingerprint density at radius 3 is 1.35 bits per heavy atom. The molecule has 4 nitrogen and oxygen atoms in total. The van der Waals surface area contributed by atoms with Crippen LogP contribution in [-0.2, 0) is 5.41 Å². The van der Waals surface area contributed by atoms with Gasteiger partial charge in [-0.1, -0.05) is 152 Å². The number of para-hydroxylation sites is 2. The zero-order chi connectivity index (χ0) is 34.8. The Hall–Kier alpha value is -6.65. The molecule has 7 aromatic carbocycles. The normalized spacial score (nSPS) is 13.1. The lowest BCUT2D eigenvalue weighted by molar-refractivity contribution is 0.436. The average Bonchev–Trinajstić information content (AvgIpc) is 3.49. The highest BCUT2D eigenvalue weighted by Gasteiger charge is 2.51. The molecular weight excluding hydrogens is 635 g/mol. The summed E-state index contributed by atoms with van der Waals surface area (Å²) in [4.78, 5) is 13.3. The van der Waals surface area contributed by atoms with Crippen molar-refractivity contribution in [1.82, 2.24) is 15.0 Å². The summed E-state index contributed by atoms with van der Waals surface area (Å²) in [6, 6.07) is 59.0. The second-order valence-corrected chi connectivity index (χ2v) is 13.6. The number of benzene rings is 7. The van der Waals surface area contributed by atoms with Crippen LogP contribution in [0.4, 0.5) is 0 Å². The molecule has 1 aliphatic carbocycles. The topological polar surface area (TPSA) is 47.9 Å². The van der Waals surface area contributed by atoms with Crippen LogP contribution in [0.5, 0.6) is 11.5 Å². The van der Waals surface area contributed by atoms with Crippen molar-refractivity contribution < 1.29 is 4.74 Å². The molecule has 0 saturated carbocycles. The van der Waals surface area contributed by atoms with Crippen LogP contribution in [0.2, 0.25) is 0 Å². The number of aromatic nitrogens is 3. The van der Waals surface area contributed by atoms with Gasteiger partial charge < -0.3 is 4.74 Å². The molecular formula is C48H33N3O. The quantitative estimate of drug-likeness (QED) is 0.187. The van der Waals surface area contributed by atoms with E-state index >= 15 is 0 Å². The molecule has 1 aromatic heterocycles. The highest BCUT2D eigenvalue weighted by molar-refractivity contribution is 5.96. The van der Waals surface area contributed by atoms with Crippen LogP contribution < -0.4 is 4.74 Å². The Bertz CT molecular complexity index is 2590. The predicted molar refractivity (Wildman–Crippen MR) is 208 cm³/mol. The molecule has 0 bridgehead atoms. The van der Waals surface area contributed by atoms with Crippen LogP contribution in [0.3, 0.4) is 0 Å². The fourth-order valence-electron chi connectivity index (χ4n) is 8.40. The molecule has 0 N–H and O–H groups in total. The van der Waals surface area contributed by atoms with Crippen molar-refractivity contribution in [3.8, 4) is 67.4 Å². The van der Waals surface area contributed by atoms with Crippen molar-refractivity contribution in [3.05, 3.63) is 198 Å². The largest absolute Gasteiger partial charge is 0.457 e. The van der Waals surface area contributed by atoms with E-state index in [0.717, 1.165) is 34.3 Å². The molecule has 10 rings (SSSR count). The number of hydrogen-bond acceptors (Lipinski definition) is 4. The van der Waals surface area contributed by atoms with Crippen molar-refractivity contribution in [1.29, 1.82) is 0 Å². The second kappa shape index (κ2) is 11.7. The molecule has 0 atom stereocenters. The van der Waals surface area contributed by atoms with Gasteiger partial charge >= 0.3 is 0 Å². The molecule has 1 spiro atoms. The number of fused-ring (bicyclic) bond motifs is 9. The second-order valence-electron chi connectivity index (χ2n) is 13.6. The van der Waals surface area contributed by atoms with E-state index in [2.05, 4.69) is 179 Å². The first kappa shape index (κ1) is 30.2. The molecule has 0 amide bonds. The summed E-state index contributed by atoms with van der Waals surface area (Å²) in [5.74, 6) is 3.99. The number of ether oxygens (including phenoxy) is 1. The molecule has 2 aliphatic rings. The third-order valence-electron chi connectivity index (χ3n) is 10.6. The lowest BCUT2D eigenvalue weighted by Crippen LogP contribution is -2.32. The van der Waals surface area contributed by atoms with Gasteiger partial charge in [-0.25, -0.2) is 15.0 Å². The Kier molecular flexibility index (Phi) is 6.80. The molecule has 4 heteroatoms. The van der Waals surface area contributed by atoms with E-state index in [1.54, 1.807) is 0 Å². The van der Waals surface area contributed by atoms with Crippen molar-refractivity contribution in [3.63, 3.8) is 0 Å². The molecule has 246 valence electrons. The summed E-state index contributed by atoms with van der Waals surface area (Å²) in [6.07, 6.45) is 0. The third-order valence-corrected chi connectivity index (χ3v) is 10.6. The minimum atomic E-state index is -0.472. The van der Waals surface area contributed by atoms with Gasteiger partial charge in [0.25, 0.3) is 0 Å². The molecule has 52 heavy (non-hydrogen) atoms. The van der Waals surface area contributed by atoms with Gasteiger partial charge in [-0.3, -0.25) is 0 Å². The average molecular weight is 668 g/mol. The highest BCUT2D eigenvalue weighted by Crippen LogP contribution is 2.63. The van der Waals surface area contributed by atoms with Gasteiger partial charge in [-0.05, 0) is 81.6 Å². The Labute approximate surface area is 303 Å². The van der Waals surface area contributed by atoms with Crippen LogP contribution in [0, 0.1) is 13.8 Å². The van der Waals surface area contributed by atoms with Crippen molar-refractivity contribution in [2.24, 2.45) is 0 Å². The lowest BCUT2D eigenvalue weighted by atomic mass is 9.66. The van der Waals surface area contributed by atoms with Gasteiger partial charge in [0.1, 0.15) is 23.1 Å². The van der Waals surface area contributed by atoms with Crippen LogP contribution in [-0.4, -0.2) is 15.0 Å². The SMILES string of the molecule is Cc1nc(C)nc(-c2ccc(-c3ccc(-c4ccc(-c5cccc6c5-c5ccccc5C65c6ccccc6Oc6ccccc65)cc4)cc3)cc2)n1. The first-order valence-electron chi connectivity index (χ1n) is 17.7. The van der Waals surface area contributed by atoms with Gasteiger partial charge in [0.05, 0.1) is 5.41 Å².